The highest BCUT2D eigenvalue weighted by atomic mass is 35.5. The molecule has 0 bridgehead atoms. The van der Waals surface area contributed by atoms with Gasteiger partial charge < -0.3 is 0 Å². The molecule has 1 aliphatic heterocycles. The minimum atomic E-state index is -0.309. The van der Waals surface area contributed by atoms with Crippen molar-refractivity contribution in [2.45, 2.75) is 37.5 Å². The fourth-order valence-electron chi connectivity index (χ4n) is 3.10. The van der Waals surface area contributed by atoms with Gasteiger partial charge in [0, 0.05) is 11.8 Å². The van der Waals surface area contributed by atoms with E-state index in [9.17, 15) is 4.79 Å². The molecule has 0 N–H and O–H groups in total. The number of hydrogen-bond donors (Lipinski definition) is 0. The van der Waals surface area contributed by atoms with Crippen LogP contribution in [0, 0.1) is 0 Å². The van der Waals surface area contributed by atoms with Crippen LogP contribution in [-0.4, -0.2) is 5.91 Å². The molecule has 1 heterocycles. The monoisotopic (exact) mass is 235 g/mol. The van der Waals surface area contributed by atoms with Crippen LogP contribution in [0.3, 0.4) is 0 Å². The van der Waals surface area contributed by atoms with Crippen LogP contribution in [-0.2, 0) is 10.2 Å². The number of hydrogen-bond acceptors (Lipinski definition) is 1. The van der Waals surface area contributed by atoms with Gasteiger partial charge in [0.1, 0.15) is 0 Å². The summed E-state index contributed by atoms with van der Waals surface area (Å²) in [5, 5.41) is 0. The van der Waals surface area contributed by atoms with Crippen LogP contribution in [0.15, 0.2) is 24.3 Å². The van der Waals surface area contributed by atoms with E-state index in [1.54, 1.807) is 0 Å². The van der Waals surface area contributed by atoms with Gasteiger partial charge in [0.05, 0.1) is 11.1 Å². The SMILES string of the molecule is O=C1N(Cl)c2ccccc2C12CCCCC2. The number of anilines is 1. The van der Waals surface area contributed by atoms with Crippen molar-refractivity contribution in [2.24, 2.45) is 0 Å². The quantitative estimate of drug-likeness (QED) is 0.632. The number of amides is 1. The Kier molecular flexibility index (Phi) is 2.21. The van der Waals surface area contributed by atoms with E-state index in [-0.39, 0.29) is 11.3 Å². The molecular formula is C13H14ClNO. The fraction of sp³-hybridized carbons (Fsp3) is 0.462. The van der Waals surface area contributed by atoms with Crippen LogP contribution in [0.1, 0.15) is 37.7 Å². The van der Waals surface area contributed by atoms with Gasteiger partial charge in [0.2, 0.25) is 0 Å². The summed E-state index contributed by atoms with van der Waals surface area (Å²) in [6, 6.07) is 7.92. The van der Waals surface area contributed by atoms with Gasteiger partial charge >= 0.3 is 0 Å². The highest BCUT2D eigenvalue weighted by molar-refractivity contribution is 6.40. The zero-order valence-corrected chi connectivity index (χ0v) is 9.83. The maximum absolute atomic E-state index is 12.3. The molecule has 0 aromatic heterocycles. The van der Waals surface area contributed by atoms with Crippen molar-refractivity contribution in [3.63, 3.8) is 0 Å². The van der Waals surface area contributed by atoms with Crippen LogP contribution >= 0.6 is 11.8 Å². The lowest BCUT2D eigenvalue weighted by Gasteiger charge is -2.31. The number of carbonyl (C=O) groups excluding carboxylic acids is 1. The predicted molar refractivity (Wildman–Crippen MR) is 64.5 cm³/mol. The van der Waals surface area contributed by atoms with Gasteiger partial charge in [-0.05, 0) is 24.5 Å². The first kappa shape index (κ1) is 10.2. The lowest BCUT2D eigenvalue weighted by molar-refractivity contribution is -0.123. The van der Waals surface area contributed by atoms with Gasteiger partial charge in [0.25, 0.3) is 5.91 Å². The van der Waals surface area contributed by atoms with Crippen LogP contribution < -0.4 is 4.42 Å². The van der Waals surface area contributed by atoms with Crippen molar-refractivity contribution < 1.29 is 4.79 Å². The Morgan fingerprint density at radius 3 is 2.56 bits per heavy atom. The normalized spacial score (nSPS) is 22.6. The van der Waals surface area contributed by atoms with Gasteiger partial charge in [0.15, 0.2) is 0 Å². The van der Waals surface area contributed by atoms with E-state index in [1.165, 1.54) is 10.8 Å². The number of carbonyl (C=O) groups is 1. The first-order valence-corrected chi connectivity index (χ1v) is 6.19. The van der Waals surface area contributed by atoms with E-state index in [1.807, 2.05) is 18.2 Å². The summed E-state index contributed by atoms with van der Waals surface area (Å²) in [4.78, 5) is 12.3. The summed E-state index contributed by atoms with van der Waals surface area (Å²) in [6.07, 6.45) is 5.40. The summed E-state index contributed by atoms with van der Waals surface area (Å²) in [5.41, 5.74) is 1.71. The van der Waals surface area contributed by atoms with Crippen LogP contribution in [0.25, 0.3) is 0 Å². The minimum Gasteiger partial charge on any atom is -0.272 e. The van der Waals surface area contributed by atoms with Crippen molar-refractivity contribution in [1.29, 1.82) is 0 Å². The Bertz CT molecular complexity index is 437. The number of rotatable bonds is 0. The first-order chi connectivity index (χ1) is 7.76. The number of fused-ring (bicyclic) bond motifs is 2. The van der Waals surface area contributed by atoms with Gasteiger partial charge in [-0.25, -0.2) is 4.42 Å². The van der Waals surface area contributed by atoms with Crippen molar-refractivity contribution in [1.82, 2.24) is 0 Å². The smallest absolute Gasteiger partial charge is 0.252 e. The standard InChI is InChI=1S/C13H14ClNO/c14-15-11-7-3-2-6-10(11)13(12(15)16)8-4-1-5-9-13/h2-3,6-7H,1,4-5,8-9H2. The van der Waals surface area contributed by atoms with E-state index < -0.39 is 0 Å². The van der Waals surface area contributed by atoms with Gasteiger partial charge in [-0.15, -0.1) is 0 Å². The highest BCUT2D eigenvalue weighted by Crippen LogP contribution is 2.50. The molecule has 3 heteroatoms. The topological polar surface area (TPSA) is 20.3 Å². The number of para-hydroxylation sites is 1. The molecule has 1 fully saturated rings. The van der Waals surface area contributed by atoms with Crippen LogP contribution in [0.5, 0.6) is 0 Å². The van der Waals surface area contributed by atoms with Gasteiger partial charge in [-0.1, -0.05) is 37.5 Å². The fourth-order valence-corrected chi connectivity index (χ4v) is 3.41. The van der Waals surface area contributed by atoms with E-state index in [0.29, 0.717) is 0 Å². The molecule has 1 saturated carbocycles. The van der Waals surface area contributed by atoms with E-state index in [0.717, 1.165) is 36.9 Å². The molecule has 1 aliphatic carbocycles. The largest absolute Gasteiger partial charge is 0.272 e. The molecule has 2 aliphatic rings. The molecule has 16 heavy (non-hydrogen) atoms. The molecule has 2 nitrogen and oxygen atoms in total. The molecule has 0 unspecified atom stereocenters. The third kappa shape index (κ3) is 1.17. The zero-order chi connectivity index (χ0) is 11.2. The second-order valence-corrected chi connectivity index (χ2v) is 5.08. The Morgan fingerprint density at radius 1 is 1.12 bits per heavy atom. The summed E-state index contributed by atoms with van der Waals surface area (Å²) in [5.74, 6) is 0.0788. The minimum absolute atomic E-state index is 0.0788. The molecule has 84 valence electrons. The van der Waals surface area contributed by atoms with Crippen molar-refractivity contribution in [2.75, 3.05) is 4.42 Å². The van der Waals surface area contributed by atoms with Crippen molar-refractivity contribution in [3.8, 4) is 0 Å². The van der Waals surface area contributed by atoms with Crippen molar-refractivity contribution >= 4 is 23.4 Å². The average molecular weight is 236 g/mol. The zero-order valence-electron chi connectivity index (χ0n) is 9.08. The lowest BCUT2D eigenvalue weighted by atomic mass is 9.70. The Labute approximate surface area is 100 Å². The van der Waals surface area contributed by atoms with Crippen LogP contribution in [0.4, 0.5) is 5.69 Å². The Hall–Kier alpha value is -1.02. The number of benzene rings is 1. The lowest BCUT2D eigenvalue weighted by Crippen LogP contribution is -2.38. The Morgan fingerprint density at radius 2 is 1.81 bits per heavy atom. The molecule has 0 atom stereocenters. The van der Waals surface area contributed by atoms with Crippen LogP contribution in [0.2, 0.25) is 0 Å². The Balaban J connectivity index is 2.16. The molecular weight excluding hydrogens is 222 g/mol. The second-order valence-electron chi connectivity index (χ2n) is 4.75. The number of halogens is 1. The summed E-state index contributed by atoms with van der Waals surface area (Å²) in [6.45, 7) is 0. The molecule has 1 aromatic rings. The second kappa shape index (κ2) is 3.49. The molecule has 1 amide bonds. The van der Waals surface area contributed by atoms with Crippen molar-refractivity contribution in [3.05, 3.63) is 29.8 Å². The molecule has 0 radical (unpaired) electrons. The molecule has 1 spiro atoms. The summed E-state index contributed by atoms with van der Waals surface area (Å²) < 4.78 is 1.32. The number of nitrogens with zero attached hydrogens (tertiary/aromatic N) is 1. The van der Waals surface area contributed by atoms with E-state index in [4.69, 9.17) is 11.8 Å². The molecule has 0 saturated heterocycles. The molecule has 1 aromatic carbocycles. The maximum atomic E-state index is 12.3. The van der Waals surface area contributed by atoms with E-state index in [2.05, 4.69) is 6.07 Å². The third-order valence-corrected chi connectivity index (χ3v) is 4.26. The average Bonchev–Trinajstić information content (AvgIpc) is 2.55. The first-order valence-electron chi connectivity index (χ1n) is 5.85. The molecule has 3 rings (SSSR count). The maximum Gasteiger partial charge on any atom is 0.252 e. The third-order valence-electron chi connectivity index (χ3n) is 3.93. The predicted octanol–water partition coefficient (Wildman–Crippen LogP) is 3.39. The summed E-state index contributed by atoms with van der Waals surface area (Å²) in [7, 11) is 0. The van der Waals surface area contributed by atoms with Gasteiger partial charge in [-0.3, -0.25) is 4.79 Å². The van der Waals surface area contributed by atoms with E-state index >= 15 is 0 Å². The van der Waals surface area contributed by atoms with Gasteiger partial charge in [-0.2, -0.15) is 0 Å². The summed E-state index contributed by atoms with van der Waals surface area (Å²) >= 11 is 6.10. The highest BCUT2D eigenvalue weighted by Gasteiger charge is 2.50.